The van der Waals surface area contributed by atoms with Crippen molar-refractivity contribution in [2.24, 2.45) is 0 Å². The van der Waals surface area contributed by atoms with Gasteiger partial charge in [0.15, 0.2) is 0 Å². The number of hydrazine groups is 1. The lowest BCUT2D eigenvalue weighted by molar-refractivity contribution is -0.134. The Morgan fingerprint density at radius 3 is 2.39 bits per heavy atom. The number of halogens is 1. The molecule has 2 N–H and O–H groups in total. The molecule has 28 heavy (non-hydrogen) atoms. The number of nitrogens with one attached hydrogen (secondary N) is 2. The summed E-state index contributed by atoms with van der Waals surface area (Å²) >= 11 is 6.92. The lowest BCUT2D eigenvalue weighted by Gasteiger charge is -2.34. The quantitative estimate of drug-likeness (QED) is 0.758. The first-order valence-corrected chi connectivity index (χ1v) is 11.7. The van der Waals surface area contributed by atoms with Crippen LogP contribution >= 0.6 is 22.9 Å². The Bertz CT molecular complexity index is 943. The van der Waals surface area contributed by atoms with Crippen LogP contribution in [0.1, 0.15) is 18.0 Å². The van der Waals surface area contributed by atoms with Crippen LogP contribution < -0.4 is 10.9 Å². The number of thiophene rings is 1. The van der Waals surface area contributed by atoms with Gasteiger partial charge in [0.2, 0.25) is 5.91 Å². The van der Waals surface area contributed by atoms with Crippen LogP contribution in [0.5, 0.6) is 0 Å². The van der Waals surface area contributed by atoms with Crippen molar-refractivity contribution in [1.29, 1.82) is 0 Å². The molecule has 2 saturated heterocycles. The Morgan fingerprint density at radius 1 is 1.04 bits per heavy atom. The summed E-state index contributed by atoms with van der Waals surface area (Å²) in [4.78, 5) is 14.6. The third-order valence-corrected chi connectivity index (χ3v) is 8.69. The summed E-state index contributed by atoms with van der Waals surface area (Å²) in [5.41, 5.74) is 7.41. The SMILES string of the molecule is O=C(C1CC(c2ccccc2)NN1)N1CCN(S(=O)(=O)c2ccc(Cl)s2)CC1. The number of hydrogen-bond acceptors (Lipinski definition) is 6. The van der Waals surface area contributed by atoms with E-state index in [1.807, 2.05) is 30.3 Å². The second-order valence-electron chi connectivity index (χ2n) is 6.83. The van der Waals surface area contributed by atoms with Crippen molar-refractivity contribution in [3.05, 3.63) is 52.4 Å². The fraction of sp³-hybridized carbons (Fsp3) is 0.389. The van der Waals surface area contributed by atoms with Crippen LogP contribution in [-0.2, 0) is 14.8 Å². The highest BCUT2D eigenvalue weighted by Crippen LogP contribution is 2.29. The predicted molar refractivity (Wildman–Crippen MR) is 109 cm³/mol. The van der Waals surface area contributed by atoms with Gasteiger partial charge in [0.05, 0.1) is 4.34 Å². The van der Waals surface area contributed by atoms with E-state index >= 15 is 0 Å². The number of nitrogens with zero attached hydrogens (tertiary/aromatic N) is 2. The minimum atomic E-state index is -3.55. The van der Waals surface area contributed by atoms with E-state index in [-0.39, 0.29) is 35.3 Å². The molecule has 0 spiro atoms. The summed E-state index contributed by atoms with van der Waals surface area (Å²) in [5, 5.41) is 0. The van der Waals surface area contributed by atoms with Gasteiger partial charge in [-0.1, -0.05) is 41.9 Å². The lowest BCUT2D eigenvalue weighted by atomic mass is 10.0. The van der Waals surface area contributed by atoms with Crippen molar-refractivity contribution >= 4 is 38.9 Å². The lowest BCUT2D eigenvalue weighted by Crippen LogP contribution is -2.54. The molecular formula is C18H21ClN4O3S2. The smallest absolute Gasteiger partial charge is 0.252 e. The van der Waals surface area contributed by atoms with E-state index in [0.717, 1.165) is 16.9 Å². The molecule has 150 valence electrons. The second-order valence-corrected chi connectivity index (χ2v) is 10.7. The highest BCUT2D eigenvalue weighted by molar-refractivity contribution is 7.91. The maximum absolute atomic E-state index is 12.8. The molecule has 10 heteroatoms. The van der Waals surface area contributed by atoms with E-state index in [0.29, 0.717) is 23.8 Å². The third kappa shape index (κ3) is 3.96. The van der Waals surface area contributed by atoms with Gasteiger partial charge >= 0.3 is 0 Å². The number of piperazine rings is 1. The van der Waals surface area contributed by atoms with Crippen molar-refractivity contribution in [2.75, 3.05) is 26.2 Å². The summed E-state index contributed by atoms with van der Waals surface area (Å²) in [7, 11) is -3.55. The average Bonchev–Trinajstić information content (AvgIpc) is 3.38. The molecule has 1 aromatic heterocycles. The fourth-order valence-electron chi connectivity index (χ4n) is 3.55. The number of rotatable bonds is 4. The van der Waals surface area contributed by atoms with Crippen molar-refractivity contribution < 1.29 is 13.2 Å². The number of carbonyl (C=O) groups is 1. The largest absolute Gasteiger partial charge is 0.339 e. The van der Waals surface area contributed by atoms with Crippen molar-refractivity contribution in [3.63, 3.8) is 0 Å². The van der Waals surface area contributed by atoms with Crippen molar-refractivity contribution in [1.82, 2.24) is 20.1 Å². The Morgan fingerprint density at radius 2 is 1.75 bits per heavy atom. The summed E-state index contributed by atoms with van der Waals surface area (Å²) in [6.45, 7) is 1.33. The van der Waals surface area contributed by atoms with Crippen LogP contribution in [0, 0.1) is 0 Å². The third-order valence-electron chi connectivity index (χ3n) is 5.10. The summed E-state index contributed by atoms with van der Waals surface area (Å²) in [5.74, 6) is 0.00199. The molecule has 0 aliphatic carbocycles. The molecule has 2 atom stereocenters. The number of carbonyl (C=O) groups excluding carboxylic acids is 1. The first-order chi connectivity index (χ1) is 13.4. The van der Waals surface area contributed by atoms with Crippen LogP contribution in [0.2, 0.25) is 4.34 Å². The summed E-state index contributed by atoms with van der Waals surface area (Å²) in [6.07, 6.45) is 0.662. The standard InChI is InChI=1S/C18H21ClN4O3S2/c19-16-6-7-17(27-16)28(25,26)23-10-8-22(9-11-23)18(24)15-12-14(20-21-15)13-4-2-1-3-5-13/h1-7,14-15,20-21H,8-12H2. The van der Waals surface area contributed by atoms with Gasteiger partial charge < -0.3 is 4.90 Å². The zero-order chi connectivity index (χ0) is 19.7. The molecule has 2 aromatic rings. The first kappa shape index (κ1) is 19.8. The van der Waals surface area contributed by atoms with Gasteiger partial charge in [-0.25, -0.2) is 19.3 Å². The van der Waals surface area contributed by atoms with E-state index in [1.165, 1.54) is 10.4 Å². The van der Waals surface area contributed by atoms with Gasteiger partial charge in [-0.15, -0.1) is 11.3 Å². The van der Waals surface area contributed by atoms with Crippen LogP contribution in [0.3, 0.4) is 0 Å². The summed E-state index contributed by atoms with van der Waals surface area (Å²) < 4.78 is 27.5. The Kier molecular flexibility index (Phi) is 5.73. The molecule has 2 aliphatic heterocycles. The molecule has 1 amide bonds. The predicted octanol–water partition coefficient (Wildman–Crippen LogP) is 1.84. The molecule has 3 heterocycles. The summed E-state index contributed by atoms with van der Waals surface area (Å²) in [6, 6.07) is 12.9. The van der Waals surface area contributed by atoms with E-state index < -0.39 is 10.0 Å². The number of benzene rings is 1. The van der Waals surface area contributed by atoms with Gasteiger partial charge in [0.25, 0.3) is 10.0 Å². The highest BCUT2D eigenvalue weighted by Gasteiger charge is 2.36. The highest BCUT2D eigenvalue weighted by atomic mass is 35.5. The Labute approximate surface area is 173 Å². The van der Waals surface area contributed by atoms with Crippen LogP contribution in [0.15, 0.2) is 46.7 Å². The zero-order valence-electron chi connectivity index (χ0n) is 15.0. The van der Waals surface area contributed by atoms with E-state index in [9.17, 15) is 13.2 Å². The Hall–Kier alpha value is -1.49. The molecule has 4 rings (SSSR count). The van der Waals surface area contributed by atoms with Gasteiger partial charge in [-0.2, -0.15) is 4.31 Å². The normalized spacial score (nSPS) is 23.8. The molecular weight excluding hydrogens is 420 g/mol. The van der Waals surface area contributed by atoms with Gasteiger partial charge in [0, 0.05) is 32.2 Å². The molecule has 2 fully saturated rings. The Balaban J connectivity index is 1.34. The monoisotopic (exact) mass is 440 g/mol. The van der Waals surface area contributed by atoms with Crippen molar-refractivity contribution in [3.8, 4) is 0 Å². The minimum Gasteiger partial charge on any atom is -0.339 e. The first-order valence-electron chi connectivity index (χ1n) is 9.05. The maximum atomic E-state index is 12.8. The van der Waals surface area contributed by atoms with E-state index in [2.05, 4.69) is 10.9 Å². The van der Waals surface area contributed by atoms with Crippen LogP contribution in [0.4, 0.5) is 0 Å². The molecule has 2 aliphatic rings. The molecule has 2 unspecified atom stereocenters. The minimum absolute atomic E-state index is 0.00199. The average molecular weight is 441 g/mol. The van der Waals surface area contributed by atoms with Crippen LogP contribution in [-0.4, -0.2) is 55.8 Å². The van der Waals surface area contributed by atoms with Gasteiger partial charge in [-0.3, -0.25) is 4.79 Å². The van der Waals surface area contributed by atoms with E-state index in [4.69, 9.17) is 11.6 Å². The van der Waals surface area contributed by atoms with Crippen molar-refractivity contribution in [2.45, 2.75) is 22.7 Å². The topological polar surface area (TPSA) is 81.8 Å². The molecule has 0 saturated carbocycles. The number of amides is 1. The molecule has 7 nitrogen and oxygen atoms in total. The molecule has 1 aromatic carbocycles. The molecule has 0 bridgehead atoms. The van der Waals surface area contributed by atoms with Gasteiger partial charge in [-0.05, 0) is 24.1 Å². The maximum Gasteiger partial charge on any atom is 0.252 e. The second kappa shape index (κ2) is 8.10. The van der Waals surface area contributed by atoms with E-state index in [1.54, 1.807) is 11.0 Å². The van der Waals surface area contributed by atoms with Gasteiger partial charge in [0.1, 0.15) is 10.3 Å². The number of sulfonamides is 1. The van der Waals surface area contributed by atoms with Crippen LogP contribution in [0.25, 0.3) is 0 Å². The number of hydrogen-bond donors (Lipinski definition) is 2. The molecule has 0 radical (unpaired) electrons. The zero-order valence-corrected chi connectivity index (χ0v) is 17.4. The fourth-order valence-corrected chi connectivity index (χ4v) is 6.61.